The van der Waals surface area contributed by atoms with E-state index in [0.29, 0.717) is 41.9 Å². The van der Waals surface area contributed by atoms with Crippen molar-refractivity contribution in [2.45, 2.75) is 0 Å². The van der Waals surface area contributed by atoms with Crippen LogP contribution in [0.4, 0.5) is 17.3 Å². The lowest BCUT2D eigenvalue weighted by Gasteiger charge is -2.28. The number of nitrogens with two attached hydrogens (primary N) is 1. The average Bonchev–Trinajstić information content (AvgIpc) is 3.28. The Hall–Kier alpha value is -4.10. The van der Waals surface area contributed by atoms with Crippen LogP contribution < -0.4 is 15.4 Å². The van der Waals surface area contributed by atoms with Gasteiger partial charge in [0.15, 0.2) is 5.82 Å². The third-order valence-corrected chi connectivity index (χ3v) is 5.55. The van der Waals surface area contributed by atoms with Gasteiger partial charge in [-0.05, 0) is 29.8 Å². The van der Waals surface area contributed by atoms with Gasteiger partial charge in [-0.3, -0.25) is 9.71 Å². The topological polar surface area (TPSA) is 164 Å². The monoisotopic (exact) mass is 495 g/mol. The number of nitrogen functional groups attached to an aromatic ring is 1. The van der Waals surface area contributed by atoms with Crippen molar-refractivity contribution in [3.05, 3.63) is 60.4 Å². The minimum absolute atomic E-state index is 0.433. The van der Waals surface area contributed by atoms with E-state index in [4.69, 9.17) is 15.9 Å². The van der Waals surface area contributed by atoms with Gasteiger partial charge >= 0.3 is 0 Å². The maximum atomic E-state index is 10.8. The molecule has 5 rings (SSSR count). The molecule has 35 heavy (non-hydrogen) atoms. The van der Waals surface area contributed by atoms with Gasteiger partial charge in [0.1, 0.15) is 11.6 Å². The Bertz CT molecular complexity index is 1420. The van der Waals surface area contributed by atoms with E-state index in [1.807, 2.05) is 18.2 Å². The van der Waals surface area contributed by atoms with Crippen molar-refractivity contribution < 1.29 is 13.2 Å². The van der Waals surface area contributed by atoms with Crippen LogP contribution in [-0.4, -0.2) is 71.8 Å². The molecular weight excluding hydrogens is 470 g/mol. The Kier molecular flexibility index (Phi) is 7.17. The summed E-state index contributed by atoms with van der Waals surface area (Å²) in [6.07, 6.45) is 5.68. The number of ether oxygens (including phenoxy) is 1. The lowest BCUT2D eigenvalue weighted by atomic mass is 10.2. The molecule has 12 nitrogen and oxygen atoms in total. The number of nitrogens with zero attached hydrogens (tertiary/aromatic N) is 6. The highest BCUT2D eigenvalue weighted by Crippen LogP contribution is 2.22. The molecule has 4 heterocycles. The van der Waals surface area contributed by atoms with Crippen LogP contribution in [-0.2, 0) is 14.8 Å². The minimum atomic E-state index is -3.23. The predicted octanol–water partition coefficient (Wildman–Crippen LogP) is 1.66. The van der Waals surface area contributed by atoms with Crippen LogP contribution in [0, 0.1) is 5.41 Å². The molecule has 0 saturated carbocycles. The Morgan fingerprint density at radius 2 is 1.86 bits per heavy atom. The average molecular weight is 496 g/mol. The Morgan fingerprint density at radius 3 is 2.54 bits per heavy atom. The van der Waals surface area contributed by atoms with Gasteiger partial charge in [0, 0.05) is 49.0 Å². The summed E-state index contributed by atoms with van der Waals surface area (Å²) in [4.78, 5) is 14.9. The van der Waals surface area contributed by atoms with Gasteiger partial charge in [-0.15, -0.1) is 5.10 Å². The van der Waals surface area contributed by atoms with E-state index in [-0.39, 0.29) is 0 Å². The van der Waals surface area contributed by atoms with E-state index < -0.39 is 10.0 Å². The zero-order valence-corrected chi connectivity index (χ0v) is 19.8. The summed E-state index contributed by atoms with van der Waals surface area (Å²) in [5, 5.41) is 11.5. The van der Waals surface area contributed by atoms with Gasteiger partial charge in [0.25, 0.3) is 5.78 Å². The van der Waals surface area contributed by atoms with E-state index in [1.165, 1.54) is 0 Å². The molecule has 0 atom stereocenters. The molecule has 0 spiro atoms. The summed E-state index contributed by atoms with van der Waals surface area (Å²) in [7, 11) is -3.23. The number of aromatic nitrogens is 5. The SMILES string of the molecule is CS(=O)(=O)Nc1cccc(C=N)c1.Nc1cc(N2CCOCC2)n2nc(-c3ccncc3)nc2n1. The van der Waals surface area contributed by atoms with E-state index in [1.54, 1.807) is 41.2 Å². The van der Waals surface area contributed by atoms with Gasteiger partial charge in [-0.25, -0.2) is 8.42 Å². The molecule has 1 fully saturated rings. The highest BCUT2D eigenvalue weighted by molar-refractivity contribution is 7.92. The lowest BCUT2D eigenvalue weighted by molar-refractivity contribution is 0.122. The molecule has 0 amide bonds. The molecular formula is C22H25N9O3S. The smallest absolute Gasteiger partial charge is 0.256 e. The predicted molar refractivity (Wildman–Crippen MR) is 134 cm³/mol. The van der Waals surface area contributed by atoms with Crippen molar-refractivity contribution in [1.82, 2.24) is 24.6 Å². The van der Waals surface area contributed by atoms with Crippen LogP contribution in [0.15, 0.2) is 54.9 Å². The Labute approximate surface area is 202 Å². The largest absolute Gasteiger partial charge is 0.383 e. The maximum absolute atomic E-state index is 10.8. The van der Waals surface area contributed by atoms with Gasteiger partial charge in [0.05, 0.1) is 19.5 Å². The van der Waals surface area contributed by atoms with Gasteiger partial charge in [-0.2, -0.15) is 14.5 Å². The minimum Gasteiger partial charge on any atom is -0.383 e. The van der Waals surface area contributed by atoms with Crippen LogP contribution in [0.5, 0.6) is 0 Å². The summed E-state index contributed by atoms with van der Waals surface area (Å²) in [5.74, 6) is 2.42. The van der Waals surface area contributed by atoms with Crippen LogP contribution in [0.2, 0.25) is 0 Å². The van der Waals surface area contributed by atoms with Gasteiger partial charge in [0.2, 0.25) is 10.0 Å². The molecule has 1 aromatic carbocycles. The molecule has 1 aliphatic heterocycles. The van der Waals surface area contributed by atoms with Crippen molar-refractivity contribution >= 4 is 39.3 Å². The molecule has 182 valence electrons. The van der Waals surface area contributed by atoms with Gasteiger partial charge in [-0.1, -0.05) is 12.1 Å². The first-order valence-electron chi connectivity index (χ1n) is 10.7. The Morgan fingerprint density at radius 1 is 1.11 bits per heavy atom. The van der Waals surface area contributed by atoms with Crippen molar-refractivity contribution in [3.8, 4) is 11.4 Å². The fraction of sp³-hybridized carbons (Fsp3) is 0.227. The number of nitrogens with one attached hydrogen (secondary N) is 2. The number of hydrogen-bond donors (Lipinski definition) is 3. The zero-order valence-electron chi connectivity index (χ0n) is 19.0. The molecule has 4 aromatic rings. The summed E-state index contributed by atoms with van der Waals surface area (Å²) in [5.41, 5.74) is 7.95. The molecule has 0 radical (unpaired) electrons. The van der Waals surface area contributed by atoms with Crippen molar-refractivity contribution in [2.75, 3.05) is 47.9 Å². The number of hydrogen-bond acceptors (Lipinski definition) is 10. The van der Waals surface area contributed by atoms with E-state index >= 15 is 0 Å². The standard InChI is InChI=1S/C14H15N7O.C8H10N2O2S/c15-11-9-12(20-5-7-22-8-6-20)21-14(17-11)18-13(19-21)10-1-3-16-4-2-10;1-13(11,12)10-8-4-2-3-7(5-8)6-9/h1-4,9H,5-8H2,(H2,15,17,18,19);2-6,9-10H,1H3. The van der Waals surface area contributed by atoms with Crippen LogP contribution in [0.1, 0.15) is 5.56 Å². The molecule has 0 unspecified atom stereocenters. The normalized spacial score (nSPS) is 13.7. The lowest BCUT2D eigenvalue weighted by Crippen LogP contribution is -2.37. The number of morpholine rings is 1. The second-order valence-corrected chi connectivity index (χ2v) is 9.41. The molecule has 1 saturated heterocycles. The molecule has 4 N–H and O–H groups in total. The number of benzene rings is 1. The summed E-state index contributed by atoms with van der Waals surface area (Å²) < 4.78 is 31.1. The fourth-order valence-electron chi connectivity index (χ4n) is 3.42. The Balaban J connectivity index is 0.000000191. The van der Waals surface area contributed by atoms with Crippen LogP contribution in [0.25, 0.3) is 17.2 Å². The van der Waals surface area contributed by atoms with Crippen molar-refractivity contribution in [3.63, 3.8) is 0 Å². The van der Waals surface area contributed by atoms with Crippen LogP contribution in [0.3, 0.4) is 0 Å². The van der Waals surface area contributed by atoms with E-state index in [2.05, 4.69) is 29.7 Å². The molecule has 3 aromatic heterocycles. The number of fused-ring (bicyclic) bond motifs is 1. The second-order valence-electron chi connectivity index (χ2n) is 7.67. The van der Waals surface area contributed by atoms with Crippen LogP contribution >= 0.6 is 0 Å². The quantitative estimate of drug-likeness (QED) is 0.349. The number of pyridine rings is 1. The van der Waals surface area contributed by atoms with E-state index in [0.717, 1.165) is 36.9 Å². The first-order valence-corrected chi connectivity index (χ1v) is 12.6. The molecule has 1 aliphatic rings. The maximum Gasteiger partial charge on any atom is 0.256 e. The highest BCUT2D eigenvalue weighted by atomic mass is 32.2. The van der Waals surface area contributed by atoms with Crippen molar-refractivity contribution in [2.24, 2.45) is 0 Å². The number of anilines is 3. The highest BCUT2D eigenvalue weighted by Gasteiger charge is 2.18. The fourth-order valence-corrected chi connectivity index (χ4v) is 3.97. The third kappa shape index (κ3) is 6.28. The number of sulfonamides is 1. The molecule has 0 bridgehead atoms. The molecule has 13 heteroatoms. The van der Waals surface area contributed by atoms with Gasteiger partial charge < -0.3 is 20.8 Å². The second kappa shape index (κ2) is 10.4. The van der Waals surface area contributed by atoms with Crippen molar-refractivity contribution in [1.29, 1.82) is 5.41 Å². The van der Waals surface area contributed by atoms with E-state index in [9.17, 15) is 8.42 Å². The number of rotatable bonds is 5. The third-order valence-electron chi connectivity index (χ3n) is 4.94. The summed E-state index contributed by atoms with van der Waals surface area (Å²) >= 11 is 0. The summed E-state index contributed by atoms with van der Waals surface area (Å²) in [6, 6.07) is 12.2. The first kappa shape index (κ1) is 24.0. The zero-order chi connectivity index (χ0) is 24.8. The first-order chi connectivity index (χ1) is 16.8. The summed E-state index contributed by atoms with van der Waals surface area (Å²) in [6.45, 7) is 2.97. The molecule has 0 aliphatic carbocycles.